The quantitative estimate of drug-likeness (QED) is 0.625. The van der Waals surface area contributed by atoms with Gasteiger partial charge in [0.25, 0.3) is 0 Å². The Labute approximate surface area is 139 Å². The van der Waals surface area contributed by atoms with E-state index in [0.717, 1.165) is 43.3 Å². The summed E-state index contributed by atoms with van der Waals surface area (Å²) in [5.41, 5.74) is 1.08. The van der Waals surface area contributed by atoms with Crippen molar-refractivity contribution in [1.29, 1.82) is 0 Å². The second-order valence-corrected chi connectivity index (χ2v) is 6.50. The normalized spacial score (nSPS) is 21.5. The third-order valence-corrected chi connectivity index (χ3v) is 3.88. The standard InChI is InChI=1S/C18H29N3O2/c1-14(2)23-16-8-5-7-15(11-16)12-20-17(19-4)21-13-18(3)9-6-10-22-18/h5,7-8,11,14H,6,9-10,12-13H2,1-4H3,(H2,19,20,21). The van der Waals surface area contributed by atoms with Gasteiger partial charge >= 0.3 is 0 Å². The molecule has 1 aliphatic rings. The van der Waals surface area contributed by atoms with Crippen LogP contribution < -0.4 is 15.4 Å². The smallest absolute Gasteiger partial charge is 0.191 e. The molecule has 0 bridgehead atoms. The van der Waals surface area contributed by atoms with E-state index in [1.54, 1.807) is 7.05 Å². The molecule has 0 spiro atoms. The molecule has 1 heterocycles. The van der Waals surface area contributed by atoms with Crippen LogP contribution in [0.25, 0.3) is 0 Å². The van der Waals surface area contributed by atoms with Crippen LogP contribution in [-0.2, 0) is 11.3 Å². The van der Waals surface area contributed by atoms with Crippen molar-refractivity contribution >= 4 is 5.96 Å². The van der Waals surface area contributed by atoms with E-state index in [0.29, 0.717) is 6.54 Å². The summed E-state index contributed by atoms with van der Waals surface area (Å²) in [5.74, 6) is 1.69. The van der Waals surface area contributed by atoms with Crippen molar-refractivity contribution in [2.24, 2.45) is 4.99 Å². The average Bonchev–Trinajstić information content (AvgIpc) is 2.94. The number of hydrogen-bond donors (Lipinski definition) is 2. The maximum atomic E-state index is 5.79. The van der Waals surface area contributed by atoms with Gasteiger partial charge in [0.15, 0.2) is 5.96 Å². The van der Waals surface area contributed by atoms with Gasteiger partial charge in [-0.2, -0.15) is 0 Å². The predicted molar refractivity (Wildman–Crippen MR) is 94.0 cm³/mol. The van der Waals surface area contributed by atoms with Gasteiger partial charge in [-0.05, 0) is 51.3 Å². The first-order valence-electron chi connectivity index (χ1n) is 8.35. The monoisotopic (exact) mass is 319 g/mol. The summed E-state index contributed by atoms with van der Waals surface area (Å²) in [6.07, 6.45) is 2.40. The zero-order valence-electron chi connectivity index (χ0n) is 14.7. The van der Waals surface area contributed by atoms with E-state index in [2.05, 4.69) is 34.7 Å². The minimum Gasteiger partial charge on any atom is -0.491 e. The molecule has 5 nitrogen and oxygen atoms in total. The van der Waals surface area contributed by atoms with Gasteiger partial charge in [-0.15, -0.1) is 0 Å². The lowest BCUT2D eigenvalue weighted by Gasteiger charge is -2.24. The molecule has 1 atom stereocenters. The molecule has 0 radical (unpaired) electrons. The van der Waals surface area contributed by atoms with Crippen LogP contribution in [0.4, 0.5) is 0 Å². The predicted octanol–water partition coefficient (Wildman–Crippen LogP) is 2.71. The Morgan fingerprint density at radius 2 is 2.22 bits per heavy atom. The highest BCUT2D eigenvalue weighted by molar-refractivity contribution is 5.79. The maximum absolute atomic E-state index is 5.79. The number of aliphatic imine (C=N–C) groups is 1. The molecule has 23 heavy (non-hydrogen) atoms. The molecular formula is C18H29N3O2. The van der Waals surface area contributed by atoms with Crippen molar-refractivity contribution in [2.45, 2.75) is 51.9 Å². The van der Waals surface area contributed by atoms with Gasteiger partial charge < -0.3 is 20.1 Å². The van der Waals surface area contributed by atoms with Gasteiger partial charge in [0, 0.05) is 26.7 Å². The summed E-state index contributed by atoms with van der Waals surface area (Å²) in [4.78, 5) is 4.27. The average molecular weight is 319 g/mol. The fraction of sp³-hybridized carbons (Fsp3) is 0.611. The number of hydrogen-bond acceptors (Lipinski definition) is 3. The molecule has 128 valence electrons. The van der Waals surface area contributed by atoms with Crippen molar-refractivity contribution < 1.29 is 9.47 Å². The van der Waals surface area contributed by atoms with Gasteiger partial charge in [-0.1, -0.05) is 12.1 Å². The highest BCUT2D eigenvalue weighted by Gasteiger charge is 2.29. The van der Waals surface area contributed by atoms with Crippen molar-refractivity contribution in [1.82, 2.24) is 10.6 Å². The van der Waals surface area contributed by atoms with Crippen molar-refractivity contribution in [3.8, 4) is 5.75 Å². The third kappa shape index (κ3) is 5.75. The molecule has 0 amide bonds. The molecule has 5 heteroatoms. The molecule has 2 rings (SSSR count). The molecule has 1 aromatic rings. The van der Waals surface area contributed by atoms with Crippen LogP contribution in [0.15, 0.2) is 29.3 Å². The third-order valence-electron chi connectivity index (χ3n) is 3.88. The molecule has 1 aromatic carbocycles. The van der Waals surface area contributed by atoms with Crippen LogP contribution in [0.3, 0.4) is 0 Å². The van der Waals surface area contributed by atoms with Crippen LogP contribution in [-0.4, -0.2) is 37.9 Å². The summed E-state index contributed by atoms with van der Waals surface area (Å²) < 4.78 is 11.5. The molecule has 0 aliphatic carbocycles. The SMILES string of the molecule is CN=C(NCc1cccc(OC(C)C)c1)NCC1(C)CCCO1. The van der Waals surface area contributed by atoms with E-state index in [1.807, 2.05) is 26.0 Å². The molecule has 0 saturated carbocycles. The molecule has 1 aliphatic heterocycles. The van der Waals surface area contributed by atoms with Gasteiger partial charge in [0.05, 0.1) is 11.7 Å². The number of nitrogens with one attached hydrogen (secondary N) is 2. The Morgan fingerprint density at radius 3 is 2.87 bits per heavy atom. The zero-order chi connectivity index (χ0) is 16.7. The molecule has 1 fully saturated rings. The van der Waals surface area contributed by atoms with E-state index < -0.39 is 0 Å². The summed E-state index contributed by atoms with van der Waals surface area (Å²) >= 11 is 0. The van der Waals surface area contributed by atoms with Gasteiger partial charge in [-0.25, -0.2) is 0 Å². The molecule has 1 saturated heterocycles. The molecule has 2 N–H and O–H groups in total. The van der Waals surface area contributed by atoms with Crippen LogP contribution in [0.5, 0.6) is 5.75 Å². The minimum atomic E-state index is -0.0807. The Kier molecular flexibility index (Phi) is 6.28. The van der Waals surface area contributed by atoms with E-state index in [1.165, 1.54) is 0 Å². The highest BCUT2D eigenvalue weighted by Crippen LogP contribution is 2.23. The summed E-state index contributed by atoms with van der Waals surface area (Å²) in [7, 11) is 1.78. The van der Waals surface area contributed by atoms with Gasteiger partial charge in [-0.3, -0.25) is 4.99 Å². The zero-order valence-corrected chi connectivity index (χ0v) is 14.7. The summed E-state index contributed by atoms with van der Waals surface area (Å²) in [5, 5.41) is 6.69. The van der Waals surface area contributed by atoms with Crippen LogP contribution in [0, 0.1) is 0 Å². The van der Waals surface area contributed by atoms with Crippen LogP contribution >= 0.6 is 0 Å². The van der Waals surface area contributed by atoms with E-state index >= 15 is 0 Å². The first-order chi connectivity index (χ1) is 11.0. The first-order valence-corrected chi connectivity index (χ1v) is 8.35. The van der Waals surface area contributed by atoms with Crippen molar-refractivity contribution in [2.75, 3.05) is 20.2 Å². The number of nitrogens with zero attached hydrogens (tertiary/aromatic N) is 1. The van der Waals surface area contributed by atoms with Gasteiger partial charge in [0.1, 0.15) is 5.75 Å². The van der Waals surface area contributed by atoms with Crippen LogP contribution in [0.1, 0.15) is 39.2 Å². The maximum Gasteiger partial charge on any atom is 0.191 e. The Balaban J connectivity index is 1.83. The fourth-order valence-corrected chi connectivity index (χ4v) is 2.65. The van der Waals surface area contributed by atoms with Crippen molar-refractivity contribution in [3.05, 3.63) is 29.8 Å². The van der Waals surface area contributed by atoms with E-state index in [4.69, 9.17) is 9.47 Å². The first kappa shape index (κ1) is 17.6. The topological polar surface area (TPSA) is 54.9 Å². The summed E-state index contributed by atoms with van der Waals surface area (Å²) in [6, 6.07) is 8.13. The number of ether oxygens (including phenoxy) is 2. The lowest BCUT2D eigenvalue weighted by Crippen LogP contribution is -2.45. The van der Waals surface area contributed by atoms with E-state index in [-0.39, 0.29) is 11.7 Å². The fourth-order valence-electron chi connectivity index (χ4n) is 2.65. The summed E-state index contributed by atoms with van der Waals surface area (Å²) in [6.45, 7) is 8.53. The van der Waals surface area contributed by atoms with Crippen LogP contribution in [0.2, 0.25) is 0 Å². The van der Waals surface area contributed by atoms with E-state index in [9.17, 15) is 0 Å². The van der Waals surface area contributed by atoms with Crippen molar-refractivity contribution in [3.63, 3.8) is 0 Å². The number of rotatable bonds is 6. The Hall–Kier alpha value is -1.75. The molecular weight excluding hydrogens is 290 g/mol. The van der Waals surface area contributed by atoms with Gasteiger partial charge in [0.2, 0.25) is 0 Å². The molecule has 0 aromatic heterocycles. The Morgan fingerprint density at radius 1 is 1.39 bits per heavy atom. The second-order valence-electron chi connectivity index (χ2n) is 6.50. The number of benzene rings is 1. The largest absolute Gasteiger partial charge is 0.491 e. The Bertz CT molecular complexity index is 523. The molecule has 1 unspecified atom stereocenters. The second kappa shape index (κ2) is 8.20. The highest BCUT2D eigenvalue weighted by atomic mass is 16.5. The minimum absolute atomic E-state index is 0.0807. The lowest BCUT2D eigenvalue weighted by molar-refractivity contribution is 0.0243. The number of guanidine groups is 1. The lowest BCUT2D eigenvalue weighted by atomic mass is 10.0.